The van der Waals surface area contributed by atoms with E-state index in [2.05, 4.69) is 12.2 Å². The molecule has 2 atom stereocenters. The second-order valence-electron chi connectivity index (χ2n) is 4.80. The Morgan fingerprint density at radius 2 is 2.33 bits per heavy atom. The summed E-state index contributed by atoms with van der Waals surface area (Å²) in [5.74, 6) is -0.0306. The molecule has 1 N–H and O–H groups in total. The Hall–Kier alpha value is -1.42. The molecule has 1 aliphatic rings. The minimum absolute atomic E-state index is 0.0356. The first-order valence-electron chi connectivity index (χ1n) is 6.19. The van der Waals surface area contributed by atoms with Gasteiger partial charge in [-0.2, -0.15) is 0 Å². The van der Waals surface area contributed by atoms with Gasteiger partial charge < -0.3 is 10.1 Å². The van der Waals surface area contributed by atoms with E-state index < -0.39 is 0 Å². The molecule has 1 aromatic carbocycles. The number of amides is 1. The Balaban J connectivity index is 2.25. The maximum absolute atomic E-state index is 13.7. The lowest BCUT2D eigenvalue weighted by Crippen LogP contribution is -2.37. The van der Waals surface area contributed by atoms with Crippen molar-refractivity contribution in [1.29, 1.82) is 0 Å². The SMILES string of the molecule is COCC(=O)NC1c2cccc(F)c2CCC1C. The topological polar surface area (TPSA) is 38.3 Å². The van der Waals surface area contributed by atoms with Gasteiger partial charge >= 0.3 is 0 Å². The van der Waals surface area contributed by atoms with E-state index >= 15 is 0 Å². The van der Waals surface area contributed by atoms with Crippen LogP contribution >= 0.6 is 0 Å². The van der Waals surface area contributed by atoms with Crippen molar-refractivity contribution in [3.63, 3.8) is 0 Å². The van der Waals surface area contributed by atoms with Crippen LogP contribution in [0.5, 0.6) is 0 Å². The van der Waals surface area contributed by atoms with Crippen LogP contribution in [0.2, 0.25) is 0 Å². The number of carbonyl (C=O) groups excluding carboxylic acids is 1. The number of hydrogen-bond donors (Lipinski definition) is 1. The van der Waals surface area contributed by atoms with Crippen LogP contribution in [0.1, 0.15) is 30.5 Å². The summed E-state index contributed by atoms with van der Waals surface area (Å²) >= 11 is 0. The van der Waals surface area contributed by atoms with Crippen LogP contribution in [0.4, 0.5) is 4.39 Å². The molecule has 0 spiro atoms. The third-order valence-electron chi connectivity index (χ3n) is 3.50. The first-order chi connectivity index (χ1) is 8.63. The second kappa shape index (κ2) is 5.48. The van der Waals surface area contributed by atoms with Gasteiger partial charge in [0.15, 0.2) is 0 Å². The first kappa shape index (κ1) is 13.0. The largest absolute Gasteiger partial charge is 0.375 e. The van der Waals surface area contributed by atoms with E-state index in [1.54, 1.807) is 6.07 Å². The van der Waals surface area contributed by atoms with E-state index in [1.807, 2.05) is 6.07 Å². The number of benzene rings is 1. The number of carbonyl (C=O) groups is 1. The van der Waals surface area contributed by atoms with Gasteiger partial charge in [0.1, 0.15) is 12.4 Å². The Morgan fingerprint density at radius 1 is 1.56 bits per heavy atom. The average molecular weight is 251 g/mol. The molecule has 4 heteroatoms. The summed E-state index contributed by atoms with van der Waals surface area (Å²) in [6, 6.07) is 4.95. The van der Waals surface area contributed by atoms with E-state index in [4.69, 9.17) is 4.74 Å². The van der Waals surface area contributed by atoms with Crippen molar-refractivity contribution in [2.75, 3.05) is 13.7 Å². The average Bonchev–Trinajstić information content (AvgIpc) is 2.33. The van der Waals surface area contributed by atoms with Gasteiger partial charge in [0.2, 0.25) is 5.91 Å². The minimum atomic E-state index is -0.176. The van der Waals surface area contributed by atoms with Crippen molar-refractivity contribution in [3.8, 4) is 0 Å². The molecule has 3 nitrogen and oxygen atoms in total. The van der Waals surface area contributed by atoms with Crippen LogP contribution < -0.4 is 5.32 Å². The van der Waals surface area contributed by atoms with Gasteiger partial charge in [-0.1, -0.05) is 19.1 Å². The number of rotatable bonds is 3. The highest BCUT2D eigenvalue weighted by Crippen LogP contribution is 2.35. The Bertz CT molecular complexity index is 447. The highest BCUT2D eigenvalue weighted by molar-refractivity contribution is 5.77. The molecular weight excluding hydrogens is 233 g/mol. The summed E-state index contributed by atoms with van der Waals surface area (Å²) in [7, 11) is 1.48. The molecule has 0 saturated heterocycles. The number of fused-ring (bicyclic) bond motifs is 1. The Kier molecular flexibility index (Phi) is 3.97. The van der Waals surface area contributed by atoms with E-state index in [0.29, 0.717) is 5.92 Å². The van der Waals surface area contributed by atoms with E-state index in [-0.39, 0.29) is 24.4 Å². The normalized spacial score (nSPS) is 22.4. The van der Waals surface area contributed by atoms with Crippen LogP contribution in [0.25, 0.3) is 0 Å². The van der Waals surface area contributed by atoms with Crippen LogP contribution in [0, 0.1) is 11.7 Å². The fraction of sp³-hybridized carbons (Fsp3) is 0.500. The monoisotopic (exact) mass is 251 g/mol. The predicted octanol–water partition coefficient (Wildman–Crippen LogP) is 2.21. The standard InChI is InChI=1S/C14H18FNO2/c1-9-6-7-10-11(4-3-5-12(10)15)14(9)16-13(17)8-18-2/h3-5,9,14H,6-8H2,1-2H3,(H,16,17). The quantitative estimate of drug-likeness (QED) is 0.894. The van der Waals surface area contributed by atoms with Gasteiger partial charge in [-0.25, -0.2) is 4.39 Å². The summed E-state index contributed by atoms with van der Waals surface area (Å²) in [5, 5.41) is 2.92. The van der Waals surface area contributed by atoms with E-state index in [9.17, 15) is 9.18 Å². The molecule has 98 valence electrons. The van der Waals surface area contributed by atoms with E-state index in [0.717, 1.165) is 24.0 Å². The van der Waals surface area contributed by atoms with Crippen molar-refractivity contribution in [2.24, 2.45) is 5.92 Å². The molecule has 0 bridgehead atoms. The van der Waals surface area contributed by atoms with E-state index in [1.165, 1.54) is 13.2 Å². The van der Waals surface area contributed by atoms with Crippen molar-refractivity contribution >= 4 is 5.91 Å². The highest BCUT2D eigenvalue weighted by atomic mass is 19.1. The molecule has 2 unspecified atom stereocenters. The molecule has 0 heterocycles. The fourth-order valence-corrected chi connectivity index (χ4v) is 2.54. The Labute approximate surface area is 106 Å². The lowest BCUT2D eigenvalue weighted by molar-refractivity contribution is -0.125. The van der Waals surface area contributed by atoms with Gasteiger partial charge in [0, 0.05) is 7.11 Å². The zero-order chi connectivity index (χ0) is 13.1. The minimum Gasteiger partial charge on any atom is -0.375 e. The molecule has 1 amide bonds. The molecule has 0 aromatic heterocycles. The summed E-state index contributed by atoms with van der Waals surface area (Å²) < 4.78 is 18.5. The molecule has 1 aliphatic carbocycles. The molecule has 1 aromatic rings. The van der Waals surface area contributed by atoms with Crippen molar-refractivity contribution < 1.29 is 13.9 Å². The van der Waals surface area contributed by atoms with Gasteiger partial charge in [-0.15, -0.1) is 0 Å². The predicted molar refractivity (Wildman–Crippen MR) is 66.6 cm³/mol. The zero-order valence-electron chi connectivity index (χ0n) is 10.7. The van der Waals surface area contributed by atoms with Crippen molar-refractivity contribution in [3.05, 3.63) is 35.1 Å². The smallest absolute Gasteiger partial charge is 0.246 e. The third-order valence-corrected chi connectivity index (χ3v) is 3.50. The number of halogens is 1. The second-order valence-corrected chi connectivity index (χ2v) is 4.80. The molecule has 0 radical (unpaired) electrons. The van der Waals surface area contributed by atoms with Crippen molar-refractivity contribution in [1.82, 2.24) is 5.32 Å². The maximum atomic E-state index is 13.7. The third kappa shape index (κ3) is 2.53. The number of nitrogens with one attached hydrogen (secondary N) is 1. The molecule has 2 rings (SSSR count). The number of hydrogen-bond acceptors (Lipinski definition) is 2. The van der Waals surface area contributed by atoms with Gasteiger partial charge in [-0.05, 0) is 36.0 Å². The Morgan fingerprint density at radius 3 is 3.06 bits per heavy atom. The molecular formula is C14H18FNO2. The zero-order valence-corrected chi connectivity index (χ0v) is 10.7. The summed E-state index contributed by atoms with van der Waals surface area (Å²) in [6.07, 6.45) is 1.62. The van der Waals surface area contributed by atoms with Crippen LogP contribution in [-0.2, 0) is 16.0 Å². The summed E-state index contributed by atoms with van der Waals surface area (Å²) in [6.45, 7) is 2.11. The lowest BCUT2D eigenvalue weighted by atomic mass is 9.80. The van der Waals surface area contributed by atoms with Gasteiger partial charge in [0.05, 0.1) is 6.04 Å². The molecule has 0 aliphatic heterocycles. The number of ether oxygens (including phenoxy) is 1. The molecule has 18 heavy (non-hydrogen) atoms. The summed E-state index contributed by atoms with van der Waals surface area (Å²) in [5.41, 5.74) is 1.64. The highest BCUT2D eigenvalue weighted by Gasteiger charge is 2.29. The van der Waals surface area contributed by atoms with Gasteiger partial charge in [-0.3, -0.25) is 4.79 Å². The maximum Gasteiger partial charge on any atom is 0.246 e. The summed E-state index contributed by atoms with van der Waals surface area (Å²) in [4.78, 5) is 11.6. The first-order valence-corrected chi connectivity index (χ1v) is 6.19. The van der Waals surface area contributed by atoms with Crippen molar-refractivity contribution in [2.45, 2.75) is 25.8 Å². The number of methoxy groups -OCH3 is 1. The fourth-order valence-electron chi connectivity index (χ4n) is 2.54. The van der Waals surface area contributed by atoms with Crippen LogP contribution in [0.3, 0.4) is 0 Å². The lowest BCUT2D eigenvalue weighted by Gasteiger charge is -2.32. The van der Waals surface area contributed by atoms with Gasteiger partial charge in [0.25, 0.3) is 0 Å². The molecule has 0 fully saturated rings. The van der Waals surface area contributed by atoms with Crippen LogP contribution in [-0.4, -0.2) is 19.6 Å². The molecule has 0 saturated carbocycles. The van der Waals surface area contributed by atoms with Crippen LogP contribution in [0.15, 0.2) is 18.2 Å².